The molecule has 1 saturated heterocycles. The van der Waals surface area contributed by atoms with E-state index in [1.165, 1.54) is 18.5 Å². The van der Waals surface area contributed by atoms with E-state index in [-0.39, 0.29) is 23.6 Å². The Kier molecular flexibility index (Phi) is 6.88. The Morgan fingerprint density at radius 3 is 2.80 bits per heavy atom. The van der Waals surface area contributed by atoms with Crippen molar-refractivity contribution in [1.82, 2.24) is 14.9 Å². The Balaban J connectivity index is 1.37. The number of anilines is 2. The predicted octanol–water partition coefficient (Wildman–Crippen LogP) is 4.58. The number of aromatic nitrogens is 2. The maximum Gasteiger partial charge on any atom is 0.320 e. The molecule has 1 aliphatic heterocycles. The molecular weight excluding hydrogens is 475 g/mol. The lowest BCUT2D eigenvalue weighted by Gasteiger charge is -2.30. The first kappa shape index (κ1) is 23.6. The van der Waals surface area contributed by atoms with E-state index < -0.39 is 5.82 Å². The Hall–Kier alpha value is -3.17. The zero-order valence-electron chi connectivity index (χ0n) is 19.3. The van der Waals surface area contributed by atoms with E-state index in [2.05, 4.69) is 15.3 Å². The highest BCUT2D eigenvalue weighted by Crippen LogP contribution is 2.37. The second-order valence-electron chi connectivity index (χ2n) is 8.93. The average molecular weight is 501 g/mol. The fraction of sp³-hybridized carbons (Fsp3) is 0.400. The molecule has 0 amide bonds. The summed E-state index contributed by atoms with van der Waals surface area (Å²) in [5.74, 6) is 1.58. The van der Waals surface area contributed by atoms with Crippen LogP contribution < -0.4 is 14.8 Å². The molecule has 1 N–H and O–H groups in total. The molecule has 0 spiro atoms. The number of hydrogen-bond acceptors (Lipinski definition) is 8. The lowest BCUT2D eigenvalue weighted by Crippen LogP contribution is -2.45. The molecule has 1 atom stereocenters. The number of morpholine rings is 1. The smallest absolute Gasteiger partial charge is 0.320 e. The van der Waals surface area contributed by atoms with E-state index in [9.17, 15) is 9.18 Å². The second-order valence-corrected chi connectivity index (χ2v) is 9.34. The van der Waals surface area contributed by atoms with Crippen LogP contribution >= 0.6 is 11.6 Å². The van der Waals surface area contributed by atoms with Gasteiger partial charge in [0.25, 0.3) is 0 Å². The van der Waals surface area contributed by atoms with Crippen molar-refractivity contribution in [2.24, 2.45) is 5.92 Å². The number of nitrogens with zero attached hydrogens (tertiary/aromatic N) is 3. The molecule has 10 heteroatoms. The van der Waals surface area contributed by atoms with E-state index in [1.54, 1.807) is 6.07 Å². The molecule has 0 bridgehead atoms. The molecule has 2 fully saturated rings. The third kappa shape index (κ3) is 5.91. The summed E-state index contributed by atoms with van der Waals surface area (Å²) >= 11 is 5.93. The minimum absolute atomic E-state index is 0.0221. The van der Waals surface area contributed by atoms with E-state index in [0.29, 0.717) is 60.7 Å². The van der Waals surface area contributed by atoms with Gasteiger partial charge in [-0.2, -0.15) is 0 Å². The van der Waals surface area contributed by atoms with E-state index in [1.807, 2.05) is 24.0 Å². The maximum absolute atomic E-state index is 13.6. The quantitative estimate of drug-likeness (QED) is 0.427. The molecule has 2 aliphatic rings. The predicted molar refractivity (Wildman–Crippen MR) is 130 cm³/mol. The van der Waals surface area contributed by atoms with Crippen molar-refractivity contribution in [3.8, 4) is 11.5 Å². The number of rotatable bonds is 9. The third-order valence-electron chi connectivity index (χ3n) is 5.92. The van der Waals surface area contributed by atoms with Crippen LogP contribution in [0, 0.1) is 11.7 Å². The SMILES string of the molecule is CC1CN(CCOc2cc3ncnc(Nc4ccc(F)c(Cl)c4)c3cc2OCC2CC2)CC(=O)O1. The first-order valence-corrected chi connectivity index (χ1v) is 12.0. The zero-order valence-corrected chi connectivity index (χ0v) is 20.1. The number of hydrogen-bond donors (Lipinski definition) is 1. The van der Waals surface area contributed by atoms with Gasteiger partial charge in [-0.15, -0.1) is 0 Å². The Morgan fingerprint density at radius 2 is 2.03 bits per heavy atom. The molecule has 1 saturated carbocycles. The van der Waals surface area contributed by atoms with Crippen LogP contribution in [0.5, 0.6) is 11.5 Å². The lowest BCUT2D eigenvalue weighted by molar-refractivity contribution is -0.157. The summed E-state index contributed by atoms with van der Waals surface area (Å²) in [5, 5.41) is 3.94. The third-order valence-corrected chi connectivity index (χ3v) is 6.21. The van der Waals surface area contributed by atoms with Crippen molar-refractivity contribution in [3.63, 3.8) is 0 Å². The first-order chi connectivity index (χ1) is 16.9. The monoisotopic (exact) mass is 500 g/mol. The molecule has 2 aromatic carbocycles. The number of carbonyl (C=O) groups is 1. The number of ether oxygens (including phenoxy) is 3. The molecule has 3 aromatic rings. The van der Waals surface area contributed by atoms with Crippen molar-refractivity contribution in [2.75, 3.05) is 38.2 Å². The molecule has 2 heterocycles. The summed E-state index contributed by atoms with van der Waals surface area (Å²) < 4.78 is 31.0. The number of fused-ring (bicyclic) bond motifs is 1. The normalized spacial score (nSPS) is 18.4. The van der Waals surface area contributed by atoms with Gasteiger partial charge in [-0.1, -0.05) is 11.6 Å². The fourth-order valence-electron chi connectivity index (χ4n) is 3.96. The fourth-order valence-corrected chi connectivity index (χ4v) is 4.14. The topological polar surface area (TPSA) is 85.8 Å². The number of nitrogens with one attached hydrogen (secondary N) is 1. The van der Waals surface area contributed by atoms with Crippen LogP contribution in [0.2, 0.25) is 5.02 Å². The van der Waals surface area contributed by atoms with Crippen LogP contribution in [-0.4, -0.2) is 59.8 Å². The lowest BCUT2D eigenvalue weighted by atomic mass is 10.2. The molecule has 1 aromatic heterocycles. The number of esters is 1. The zero-order chi connectivity index (χ0) is 24.4. The van der Waals surface area contributed by atoms with E-state index >= 15 is 0 Å². The molecule has 35 heavy (non-hydrogen) atoms. The van der Waals surface area contributed by atoms with Gasteiger partial charge in [-0.3, -0.25) is 9.69 Å². The van der Waals surface area contributed by atoms with Crippen LogP contribution in [0.3, 0.4) is 0 Å². The van der Waals surface area contributed by atoms with Crippen LogP contribution in [0.1, 0.15) is 19.8 Å². The van der Waals surface area contributed by atoms with Crippen molar-refractivity contribution in [3.05, 3.63) is 47.5 Å². The summed E-state index contributed by atoms with van der Waals surface area (Å²) in [5.41, 5.74) is 1.27. The van der Waals surface area contributed by atoms with Gasteiger partial charge in [-0.05, 0) is 49.9 Å². The van der Waals surface area contributed by atoms with Crippen molar-refractivity contribution in [1.29, 1.82) is 0 Å². The maximum atomic E-state index is 13.6. The average Bonchev–Trinajstić information content (AvgIpc) is 3.64. The van der Waals surface area contributed by atoms with Gasteiger partial charge in [-0.25, -0.2) is 14.4 Å². The molecule has 5 rings (SSSR count). The molecule has 0 radical (unpaired) electrons. The molecule has 184 valence electrons. The number of halogens is 2. The number of benzene rings is 2. The van der Waals surface area contributed by atoms with Gasteiger partial charge in [0, 0.05) is 30.2 Å². The van der Waals surface area contributed by atoms with Gasteiger partial charge in [0.1, 0.15) is 30.7 Å². The van der Waals surface area contributed by atoms with Gasteiger partial charge < -0.3 is 19.5 Å². The highest BCUT2D eigenvalue weighted by molar-refractivity contribution is 6.31. The summed E-state index contributed by atoms with van der Waals surface area (Å²) in [4.78, 5) is 22.5. The summed E-state index contributed by atoms with van der Waals surface area (Å²) in [7, 11) is 0. The van der Waals surface area contributed by atoms with Gasteiger partial charge in [0.05, 0.1) is 23.7 Å². The highest BCUT2D eigenvalue weighted by Gasteiger charge is 2.25. The second kappa shape index (κ2) is 10.2. The molecule has 1 unspecified atom stereocenters. The largest absolute Gasteiger partial charge is 0.489 e. The van der Waals surface area contributed by atoms with Crippen molar-refractivity contribution >= 4 is 40.0 Å². The van der Waals surface area contributed by atoms with Crippen molar-refractivity contribution < 1.29 is 23.4 Å². The van der Waals surface area contributed by atoms with Crippen molar-refractivity contribution in [2.45, 2.75) is 25.9 Å². The van der Waals surface area contributed by atoms with Crippen LogP contribution in [0.15, 0.2) is 36.7 Å². The van der Waals surface area contributed by atoms with Gasteiger partial charge in [0.15, 0.2) is 11.5 Å². The van der Waals surface area contributed by atoms with Crippen LogP contribution in [0.4, 0.5) is 15.9 Å². The summed E-state index contributed by atoms with van der Waals surface area (Å²) in [6, 6.07) is 8.08. The molecule has 1 aliphatic carbocycles. The molecule has 8 nitrogen and oxygen atoms in total. The van der Waals surface area contributed by atoms with Gasteiger partial charge >= 0.3 is 5.97 Å². The minimum Gasteiger partial charge on any atom is -0.489 e. The highest BCUT2D eigenvalue weighted by atomic mass is 35.5. The summed E-state index contributed by atoms with van der Waals surface area (Å²) in [6.45, 7) is 4.39. The molecular formula is C25H26ClFN4O4. The standard InChI is InChI=1S/C25H26ClFN4O4/c1-15-11-31(12-24(32)35-15)6-7-33-23-10-21-18(9-22(23)34-13-16-2-3-16)25(29-14-28-21)30-17-4-5-20(27)19(26)8-17/h4-5,8-10,14-16H,2-3,6-7,11-13H2,1H3,(H,28,29,30). The first-order valence-electron chi connectivity index (χ1n) is 11.6. The minimum atomic E-state index is -0.488. The van der Waals surface area contributed by atoms with E-state index in [0.717, 1.165) is 18.2 Å². The summed E-state index contributed by atoms with van der Waals surface area (Å²) in [6.07, 6.45) is 3.64. The van der Waals surface area contributed by atoms with Gasteiger partial charge in [0.2, 0.25) is 0 Å². The Labute approximate surface area is 207 Å². The van der Waals surface area contributed by atoms with E-state index in [4.69, 9.17) is 25.8 Å². The Bertz CT molecular complexity index is 1240. The van der Waals surface area contributed by atoms with Crippen LogP contribution in [-0.2, 0) is 9.53 Å². The van der Waals surface area contributed by atoms with Crippen LogP contribution in [0.25, 0.3) is 10.9 Å². The number of cyclic esters (lactones) is 1. The number of carbonyl (C=O) groups excluding carboxylic acids is 1. The Morgan fingerprint density at radius 1 is 1.20 bits per heavy atom.